The Balaban J connectivity index is 1.64. The van der Waals surface area contributed by atoms with E-state index in [9.17, 15) is 9.18 Å². The van der Waals surface area contributed by atoms with Crippen molar-refractivity contribution in [3.05, 3.63) is 71.5 Å². The molecule has 0 unspecified atom stereocenters. The van der Waals surface area contributed by atoms with E-state index in [1.54, 1.807) is 12.1 Å². The molecular weight excluding hydrogens is 279 g/mol. The molecule has 0 bridgehead atoms. The molecule has 0 saturated carbocycles. The Morgan fingerprint density at radius 3 is 2.45 bits per heavy atom. The molecule has 2 N–H and O–H groups in total. The van der Waals surface area contributed by atoms with Gasteiger partial charge in [0.15, 0.2) is 0 Å². The lowest BCUT2D eigenvalue weighted by molar-refractivity contribution is 0.242. The van der Waals surface area contributed by atoms with Gasteiger partial charge in [0, 0.05) is 12.1 Å². The smallest absolute Gasteiger partial charge is 0.315 e. The molecule has 2 amide bonds. The fourth-order valence-corrected chi connectivity index (χ4v) is 1.83. The van der Waals surface area contributed by atoms with Gasteiger partial charge in [-0.2, -0.15) is 0 Å². The van der Waals surface area contributed by atoms with Crippen molar-refractivity contribution < 1.29 is 9.18 Å². The van der Waals surface area contributed by atoms with E-state index >= 15 is 0 Å². The molecule has 0 radical (unpaired) electrons. The maximum absolute atomic E-state index is 12.7. The molecule has 2 rings (SSSR count). The summed E-state index contributed by atoms with van der Waals surface area (Å²) in [5.74, 6) is 5.58. The maximum atomic E-state index is 12.7. The van der Waals surface area contributed by atoms with Gasteiger partial charge in [0.05, 0.1) is 6.54 Å². The number of halogens is 1. The lowest BCUT2D eigenvalue weighted by Crippen LogP contribution is -2.36. The Morgan fingerprint density at radius 1 is 1.00 bits per heavy atom. The summed E-state index contributed by atoms with van der Waals surface area (Å²) in [5, 5.41) is 5.40. The zero-order chi connectivity index (χ0) is 15.6. The topological polar surface area (TPSA) is 41.1 Å². The van der Waals surface area contributed by atoms with Gasteiger partial charge in [0.25, 0.3) is 0 Å². The highest BCUT2D eigenvalue weighted by molar-refractivity contribution is 5.74. The van der Waals surface area contributed by atoms with Crippen LogP contribution >= 0.6 is 0 Å². The van der Waals surface area contributed by atoms with E-state index in [-0.39, 0.29) is 18.4 Å². The van der Waals surface area contributed by atoms with Crippen molar-refractivity contribution in [3.8, 4) is 11.8 Å². The van der Waals surface area contributed by atoms with Crippen molar-refractivity contribution in [2.24, 2.45) is 0 Å². The van der Waals surface area contributed by atoms with E-state index in [0.717, 1.165) is 11.1 Å². The van der Waals surface area contributed by atoms with Gasteiger partial charge < -0.3 is 10.6 Å². The summed E-state index contributed by atoms with van der Waals surface area (Å²) in [6, 6.07) is 15.6. The third-order valence-electron chi connectivity index (χ3n) is 2.96. The standard InChI is InChI=1S/C18H17FN2O/c19-17-10-8-16(9-11-17)12-14-21-18(22)20-13-4-7-15-5-2-1-3-6-15/h1-3,5-6,8-11H,12-14H2,(H2,20,21,22). The second-order valence-corrected chi connectivity index (χ2v) is 4.65. The number of benzene rings is 2. The van der Waals surface area contributed by atoms with Gasteiger partial charge in [-0.15, -0.1) is 0 Å². The van der Waals surface area contributed by atoms with Crippen LogP contribution in [0.4, 0.5) is 9.18 Å². The lowest BCUT2D eigenvalue weighted by Gasteiger charge is -2.05. The predicted octanol–water partition coefficient (Wildman–Crippen LogP) is 2.72. The Hall–Kier alpha value is -2.80. The Bertz CT molecular complexity index is 657. The fourth-order valence-electron chi connectivity index (χ4n) is 1.83. The predicted molar refractivity (Wildman–Crippen MR) is 84.8 cm³/mol. The van der Waals surface area contributed by atoms with Crippen molar-refractivity contribution >= 4 is 6.03 Å². The molecule has 0 fully saturated rings. The van der Waals surface area contributed by atoms with E-state index in [2.05, 4.69) is 22.5 Å². The molecule has 0 aliphatic carbocycles. The molecule has 0 atom stereocenters. The Labute approximate surface area is 129 Å². The van der Waals surface area contributed by atoms with Crippen LogP contribution in [0.25, 0.3) is 0 Å². The second-order valence-electron chi connectivity index (χ2n) is 4.65. The molecule has 0 spiro atoms. The number of amides is 2. The molecule has 3 nitrogen and oxygen atoms in total. The largest absolute Gasteiger partial charge is 0.338 e. The molecule has 22 heavy (non-hydrogen) atoms. The third-order valence-corrected chi connectivity index (χ3v) is 2.96. The first-order valence-corrected chi connectivity index (χ1v) is 7.04. The first kappa shape index (κ1) is 15.6. The molecule has 0 aliphatic rings. The van der Waals surface area contributed by atoms with Gasteiger partial charge in [-0.25, -0.2) is 9.18 Å². The van der Waals surface area contributed by atoms with Crippen LogP contribution < -0.4 is 10.6 Å². The minimum absolute atomic E-state index is 0.258. The monoisotopic (exact) mass is 296 g/mol. The molecule has 0 aliphatic heterocycles. The van der Waals surface area contributed by atoms with Crippen LogP contribution in [0.5, 0.6) is 0 Å². The molecule has 0 heterocycles. The summed E-state index contributed by atoms with van der Waals surface area (Å²) in [5.41, 5.74) is 1.89. The van der Waals surface area contributed by atoms with Crippen molar-refractivity contribution in [2.45, 2.75) is 6.42 Å². The van der Waals surface area contributed by atoms with Crippen LogP contribution in [-0.4, -0.2) is 19.1 Å². The van der Waals surface area contributed by atoms with E-state index in [4.69, 9.17) is 0 Å². The number of nitrogens with one attached hydrogen (secondary N) is 2. The van der Waals surface area contributed by atoms with Gasteiger partial charge in [-0.1, -0.05) is 42.2 Å². The highest BCUT2D eigenvalue weighted by atomic mass is 19.1. The van der Waals surface area contributed by atoms with Crippen molar-refractivity contribution in [1.29, 1.82) is 0 Å². The van der Waals surface area contributed by atoms with Crippen LogP contribution in [0, 0.1) is 17.7 Å². The van der Waals surface area contributed by atoms with Gasteiger partial charge in [-0.05, 0) is 36.2 Å². The summed E-state index contributed by atoms with van der Waals surface area (Å²) in [6.45, 7) is 0.779. The van der Waals surface area contributed by atoms with Crippen molar-refractivity contribution in [3.63, 3.8) is 0 Å². The SMILES string of the molecule is O=C(NCC#Cc1ccccc1)NCCc1ccc(F)cc1. The minimum Gasteiger partial charge on any atom is -0.338 e. The Morgan fingerprint density at radius 2 is 1.73 bits per heavy atom. The normalized spacial score (nSPS) is 9.50. The second kappa shape index (κ2) is 8.48. The van der Waals surface area contributed by atoms with Crippen LogP contribution in [0.1, 0.15) is 11.1 Å². The quantitative estimate of drug-likeness (QED) is 0.837. The van der Waals surface area contributed by atoms with Gasteiger partial charge in [-0.3, -0.25) is 0 Å². The van der Waals surface area contributed by atoms with E-state index in [1.807, 2.05) is 30.3 Å². The highest BCUT2D eigenvalue weighted by Gasteiger charge is 1.98. The first-order valence-electron chi connectivity index (χ1n) is 7.04. The summed E-state index contributed by atoms with van der Waals surface area (Å²) < 4.78 is 12.7. The summed E-state index contributed by atoms with van der Waals surface area (Å²) in [6.07, 6.45) is 0.656. The van der Waals surface area contributed by atoms with Crippen LogP contribution in [0.15, 0.2) is 54.6 Å². The van der Waals surface area contributed by atoms with Crippen molar-refractivity contribution in [2.75, 3.05) is 13.1 Å². The number of carbonyl (C=O) groups is 1. The van der Waals surface area contributed by atoms with E-state index in [1.165, 1.54) is 12.1 Å². The molecule has 2 aromatic rings. The average molecular weight is 296 g/mol. The molecule has 2 aromatic carbocycles. The summed E-state index contributed by atoms with van der Waals surface area (Å²) in [4.78, 5) is 11.5. The third kappa shape index (κ3) is 5.68. The fraction of sp³-hybridized carbons (Fsp3) is 0.167. The molecule has 0 aromatic heterocycles. The van der Waals surface area contributed by atoms with Crippen LogP contribution in [-0.2, 0) is 6.42 Å². The average Bonchev–Trinajstić information content (AvgIpc) is 2.54. The lowest BCUT2D eigenvalue weighted by atomic mass is 10.1. The molecule has 4 heteroatoms. The Kier molecular flexibility index (Phi) is 6.01. The van der Waals surface area contributed by atoms with E-state index in [0.29, 0.717) is 13.0 Å². The molecule has 112 valence electrons. The maximum Gasteiger partial charge on any atom is 0.315 e. The summed E-state index contributed by atoms with van der Waals surface area (Å²) >= 11 is 0. The number of rotatable bonds is 4. The van der Waals surface area contributed by atoms with E-state index < -0.39 is 0 Å². The van der Waals surface area contributed by atoms with Gasteiger partial charge >= 0.3 is 6.03 Å². The van der Waals surface area contributed by atoms with Crippen molar-refractivity contribution in [1.82, 2.24) is 10.6 Å². The minimum atomic E-state index is -0.260. The number of hydrogen-bond donors (Lipinski definition) is 2. The van der Waals surface area contributed by atoms with Gasteiger partial charge in [0.1, 0.15) is 5.82 Å². The van der Waals surface area contributed by atoms with Crippen LogP contribution in [0.2, 0.25) is 0 Å². The molecular formula is C18H17FN2O. The number of carbonyl (C=O) groups excluding carboxylic acids is 1. The number of hydrogen-bond acceptors (Lipinski definition) is 1. The van der Waals surface area contributed by atoms with Gasteiger partial charge in [0.2, 0.25) is 0 Å². The zero-order valence-electron chi connectivity index (χ0n) is 12.1. The zero-order valence-corrected chi connectivity index (χ0v) is 12.1. The molecule has 0 saturated heterocycles. The van der Waals surface area contributed by atoms with Crippen LogP contribution in [0.3, 0.4) is 0 Å². The first-order chi connectivity index (χ1) is 10.7. The summed E-state index contributed by atoms with van der Waals surface area (Å²) in [7, 11) is 0. The highest BCUT2D eigenvalue weighted by Crippen LogP contribution is 2.02. The number of urea groups is 1.